The average molecular weight is 375 g/mol. The molecule has 0 saturated heterocycles. The van der Waals surface area contributed by atoms with E-state index < -0.39 is 16.7 Å². The minimum absolute atomic E-state index is 0.00598. The molecule has 0 aliphatic rings. The fourth-order valence-corrected chi connectivity index (χ4v) is 2.17. The molecule has 27 heavy (non-hydrogen) atoms. The highest BCUT2D eigenvalue weighted by Crippen LogP contribution is 2.30. The zero-order chi connectivity index (χ0) is 20.0. The number of hydrogen-bond acceptors (Lipinski definition) is 7. The molecule has 2 amide bonds. The average Bonchev–Trinajstić information content (AvgIpc) is 2.67. The molecule has 0 saturated carbocycles. The Kier molecular flexibility index (Phi) is 6.15. The van der Waals surface area contributed by atoms with Gasteiger partial charge in [-0.05, 0) is 18.2 Å². The first kappa shape index (κ1) is 19.5. The molecular weight excluding hydrogens is 358 g/mol. The van der Waals surface area contributed by atoms with Gasteiger partial charge in [0.05, 0.1) is 37.6 Å². The first-order chi connectivity index (χ1) is 12.9. The van der Waals surface area contributed by atoms with Crippen molar-refractivity contribution < 1.29 is 28.7 Å². The smallest absolute Gasteiger partial charge is 0.314 e. The summed E-state index contributed by atoms with van der Waals surface area (Å²) in [5.74, 6) is -1.05. The minimum atomic E-state index is -1.04. The van der Waals surface area contributed by atoms with E-state index in [0.717, 1.165) is 6.07 Å². The minimum Gasteiger partial charge on any atom is -0.497 e. The SMILES string of the molecule is COc1ccc(NC(=O)C(=O)Nc2cc([N+](=O)[O-])ccc2OC)c(OC)c1. The summed E-state index contributed by atoms with van der Waals surface area (Å²) in [5, 5.41) is 15.6. The van der Waals surface area contributed by atoms with Gasteiger partial charge in [-0.25, -0.2) is 0 Å². The van der Waals surface area contributed by atoms with E-state index in [1.807, 2.05) is 0 Å². The van der Waals surface area contributed by atoms with E-state index in [1.165, 1.54) is 45.6 Å². The molecule has 10 nitrogen and oxygen atoms in total. The summed E-state index contributed by atoms with van der Waals surface area (Å²) in [7, 11) is 4.21. The highest BCUT2D eigenvalue weighted by molar-refractivity contribution is 6.44. The Morgan fingerprint density at radius 1 is 0.852 bits per heavy atom. The van der Waals surface area contributed by atoms with Gasteiger partial charge in [0.2, 0.25) is 0 Å². The molecule has 2 N–H and O–H groups in total. The number of amides is 2. The molecule has 0 radical (unpaired) electrons. The van der Waals surface area contributed by atoms with Gasteiger partial charge in [-0.1, -0.05) is 0 Å². The molecule has 0 bridgehead atoms. The predicted molar refractivity (Wildman–Crippen MR) is 96.5 cm³/mol. The molecular formula is C17H17N3O7. The normalized spacial score (nSPS) is 9.89. The topological polar surface area (TPSA) is 129 Å². The Labute approximate surface area is 154 Å². The van der Waals surface area contributed by atoms with Crippen LogP contribution in [-0.2, 0) is 9.59 Å². The number of anilines is 2. The number of rotatable bonds is 6. The molecule has 0 atom stereocenters. The van der Waals surface area contributed by atoms with Crippen molar-refractivity contribution in [1.82, 2.24) is 0 Å². The van der Waals surface area contributed by atoms with E-state index in [4.69, 9.17) is 14.2 Å². The van der Waals surface area contributed by atoms with Crippen molar-refractivity contribution in [2.45, 2.75) is 0 Å². The standard InChI is InChI=1S/C17H17N3O7/c1-25-11-5-6-12(15(9-11)27-3)18-16(21)17(22)19-13-8-10(20(23)24)4-7-14(13)26-2/h4-9H,1-3H3,(H,18,21)(H,19,22). The monoisotopic (exact) mass is 375 g/mol. The Morgan fingerprint density at radius 3 is 2.04 bits per heavy atom. The van der Waals surface area contributed by atoms with Gasteiger partial charge >= 0.3 is 11.8 Å². The van der Waals surface area contributed by atoms with E-state index >= 15 is 0 Å². The maximum absolute atomic E-state index is 12.2. The lowest BCUT2D eigenvalue weighted by Crippen LogP contribution is -2.29. The molecule has 0 spiro atoms. The van der Waals surface area contributed by atoms with Crippen LogP contribution in [0.4, 0.5) is 17.1 Å². The van der Waals surface area contributed by atoms with Crippen molar-refractivity contribution in [2.24, 2.45) is 0 Å². The highest BCUT2D eigenvalue weighted by Gasteiger charge is 2.20. The Bertz CT molecular complexity index is 883. The van der Waals surface area contributed by atoms with Crippen LogP contribution < -0.4 is 24.8 Å². The van der Waals surface area contributed by atoms with Crippen LogP contribution in [-0.4, -0.2) is 38.1 Å². The fraction of sp³-hybridized carbons (Fsp3) is 0.176. The predicted octanol–water partition coefficient (Wildman–Crippen LogP) is 2.20. The molecule has 0 unspecified atom stereocenters. The lowest BCUT2D eigenvalue weighted by atomic mass is 10.2. The molecule has 0 fully saturated rings. The fourth-order valence-electron chi connectivity index (χ4n) is 2.17. The van der Waals surface area contributed by atoms with Crippen molar-refractivity contribution in [1.29, 1.82) is 0 Å². The number of carbonyl (C=O) groups excluding carboxylic acids is 2. The first-order valence-electron chi connectivity index (χ1n) is 7.56. The third-order valence-electron chi connectivity index (χ3n) is 3.51. The zero-order valence-corrected chi connectivity index (χ0v) is 14.8. The van der Waals surface area contributed by atoms with Crippen LogP contribution in [0.1, 0.15) is 0 Å². The number of nitrogens with one attached hydrogen (secondary N) is 2. The lowest BCUT2D eigenvalue weighted by Gasteiger charge is -2.12. The molecule has 2 rings (SSSR count). The molecule has 2 aromatic carbocycles. The summed E-state index contributed by atoms with van der Waals surface area (Å²) in [6, 6.07) is 8.26. The molecule has 0 aliphatic carbocycles. The Morgan fingerprint density at radius 2 is 1.48 bits per heavy atom. The van der Waals surface area contributed by atoms with Crippen molar-refractivity contribution in [3.8, 4) is 17.2 Å². The highest BCUT2D eigenvalue weighted by atomic mass is 16.6. The van der Waals surface area contributed by atoms with Crippen molar-refractivity contribution >= 4 is 28.9 Å². The molecule has 142 valence electrons. The number of nitrogens with zero attached hydrogens (tertiary/aromatic N) is 1. The van der Waals surface area contributed by atoms with Gasteiger partial charge in [-0.3, -0.25) is 19.7 Å². The van der Waals surface area contributed by atoms with Gasteiger partial charge < -0.3 is 24.8 Å². The van der Waals surface area contributed by atoms with E-state index in [9.17, 15) is 19.7 Å². The summed E-state index contributed by atoms with van der Waals surface area (Å²) < 4.78 is 15.2. The van der Waals surface area contributed by atoms with E-state index in [1.54, 1.807) is 6.07 Å². The summed E-state index contributed by atoms with van der Waals surface area (Å²) in [4.78, 5) is 34.6. The van der Waals surface area contributed by atoms with Crippen LogP contribution in [0.25, 0.3) is 0 Å². The summed E-state index contributed by atoms with van der Waals surface area (Å²) >= 11 is 0. The molecule has 10 heteroatoms. The van der Waals surface area contributed by atoms with Crippen LogP contribution in [0, 0.1) is 10.1 Å². The number of non-ortho nitro benzene ring substituents is 1. The van der Waals surface area contributed by atoms with Crippen molar-refractivity contribution in [2.75, 3.05) is 32.0 Å². The lowest BCUT2D eigenvalue weighted by molar-refractivity contribution is -0.384. The van der Waals surface area contributed by atoms with Gasteiger partial charge in [0.25, 0.3) is 5.69 Å². The molecule has 0 aromatic heterocycles. The molecule has 0 aliphatic heterocycles. The second kappa shape index (κ2) is 8.52. The van der Waals surface area contributed by atoms with Gasteiger partial charge in [-0.15, -0.1) is 0 Å². The number of carbonyl (C=O) groups is 2. The third kappa shape index (κ3) is 4.63. The van der Waals surface area contributed by atoms with E-state index in [2.05, 4.69) is 10.6 Å². The third-order valence-corrected chi connectivity index (χ3v) is 3.51. The van der Waals surface area contributed by atoms with E-state index in [-0.39, 0.29) is 22.8 Å². The van der Waals surface area contributed by atoms with Crippen LogP contribution >= 0.6 is 0 Å². The number of hydrogen-bond donors (Lipinski definition) is 2. The maximum Gasteiger partial charge on any atom is 0.314 e. The second-order valence-corrected chi connectivity index (χ2v) is 5.12. The number of benzene rings is 2. The van der Waals surface area contributed by atoms with Crippen LogP contribution in [0.15, 0.2) is 36.4 Å². The van der Waals surface area contributed by atoms with Crippen LogP contribution in [0.3, 0.4) is 0 Å². The summed E-state index contributed by atoms with van der Waals surface area (Å²) in [6.07, 6.45) is 0. The van der Waals surface area contributed by atoms with E-state index in [0.29, 0.717) is 11.5 Å². The Balaban J connectivity index is 2.18. The van der Waals surface area contributed by atoms with Gasteiger partial charge in [0.1, 0.15) is 17.2 Å². The number of nitro benzene ring substituents is 1. The Hall–Kier alpha value is -3.82. The largest absolute Gasteiger partial charge is 0.497 e. The van der Waals surface area contributed by atoms with Gasteiger partial charge in [0, 0.05) is 18.2 Å². The quantitative estimate of drug-likeness (QED) is 0.450. The number of ether oxygens (including phenoxy) is 3. The molecule has 2 aromatic rings. The zero-order valence-electron chi connectivity index (χ0n) is 14.8. The van der Waals surface area contributed by atoms with Crippen LogP contribution in [0.2, 0.25) is 0 Å². The first-order valence-corrected chi connectivity index (χ1v) is 7.56. The van der Waals surface area contributed by atoms with Crippen molar-refractivity contribution in [3.63, 3.8) is 0 Å². The van der Waals surface area contributed by atoms with Crippen LogP contribution in [0.5, 0.6) is 17.2 Å². The van der Waals surface area contributed by atoms with Gasteiger partial charge in [-0.2, -0.15) is 0 Å². The summed E-state index contributed by atoms with van der Waals surface area (Å²) in [6.45, 7) is 0. The summed E-state index contributed by atoms with van der Waals surface area (Å²) in [5.41, 5.74) is -0.0127. The molecule has 0 heterocycles. The number of methoxy groups -OCH3 is 3. The van der Waals surface area contributed by atoms with Gasteiger partial charge in [0.15, 0.2) is 0 Å². The maximum atomic E-state index is 12.2. The number of nitro groups is 1. The second-order valence-electron chi connectivity index (χ2n) is 5.12. The van der Waals surface area contributed by atoms with Crippen molar-refractivity contribution in [3.05, 3.63) is 46.5 Å².